The van der Waals surface area contributed by atoms with Crippen LogP contribution in [0.4, 0.5) is 5.69 Å². The second-order valence-electron chi connectivity index (χ2n) is 5.06. The number of aromatic nitrogens is 2. The van der Waals surface area contributed by atoms with Crippen molar-refractivity contribution in [2.24, 2.45) is 10.2 Å². The van der Waals surface area contributed by atoms with Gasteiger partial charge in [-0.1, -0.05) is 11.3 Å². The summed E-state index contributed by atoms with van der Waals surface area (Å²) >= 11 is 1.45. The molecule has 0 radical (unpaired) electrons. The predicted octanol–water partition coefficient (Wildman–Crippen LogP) is 2.98. The summed E-state index contributed by atoms with van der Waals surface area (Å²) in [6.07, 6.45) is 4.38. The third-order valence-electron chi connectivity index (χ3n) is 3.42. The number of nitro benzene ring substituents is 1. The van der Waals surface area contributed by atoms with E-state index in [-0.39, 0.29) is 5.69 Å². The van der Waals surface area contributed by atoms with Crippen molar-refractivity contribution in [3.8, 4) is 5.69 Å². The standard InChI is InChI=1S/C14H15N5O2S/c1-10-17-18(12-6-8-13(9-7-12)19(20)21)14(22-10)16-15-11-4-2-3-5-11/h6-9H,2-5H2,1H3. The van der Waals surface area contributed by atoms with E-state index in [9.17, 15) is 10.1 Å². The molecule has 0 unspecified atom stereocenters. The fourth-order valence-corrected chi connectivity index (χ4v) is 3.02. The number of nitrogens with zero attached hydrogens (tertiary/aromatic N) is 5. The summed E-state index contributed by atoms with van der Waals surface area (Å²) in [5.41, 5.74) is 1.92. The van der Waals surface area contributed by atoms with Crippen LogP contribution in [0.25, 0.3) is 5.69 Å². The molecule has 114 valence electrons. The van der Waals surface area contributed by atoms with E-state index in [0.717, 1.165) is 29.2 Å². The van der Waals surface area contributed by atoms with Gasteiger partial charge in [0.15, 0.2) is 0 Å². The van der Waals surface area contributed by atoms with Crippen LogP contribution in [0.3, 0.4) is 0 Å². The van der Waals surface area contributed by atoms with Gasteiger partial charge in [-0.25, -0.2) is 4.68 Å². The molecule has 2 aromatic rings. The van der Waals surface area contributed by atoms with Gasteiger partial charge < -0.3 is 0 Å². The van der Waals surface area contributed by atoms with Crippen LogP contribution in [0.2, 0.25) is 0 Å². The molecule has 0 saturated heterocycles. The molecule has 1 fully saturated rings. The molecule has 1 aliphatic carbocycles. The van der Waals surface area contributed by atoms with Gasteiger partial charge in [-0.2, -0.15) is 10.2 Å². The maximum absolute atomic E-state index is 10.7. The smallest absolute Gasteiger partial charge is 0.258 e. The second kappa shape index (κ2) is 6.18. The summed E-state index contributed by atoms with van der Waals surface area (Å²) in [5, 5.41) is 24.6. The minimum atomic E-state index is -0.419. The molecule has 22 heavy (non-hydrogen) atoms. The van der Waals surface area contributed by atoms with E-state index in [1.165, 1.54) is 36.3 Å². The summed E-state index contributed by atoms with van der Waals surface area (Å²) in [4.78, 5) is 11.0. The number of rotatable bonds is 3. The zero-order valence-electron chi connectivity index (χ0n) is 12.1. The molecule has 0 spiro atoms. The summed E-state index contributed by atoms with van der Waals surface area (Å²) in [7, 11) is 0. The Morgan fingerprint density at radius 2 is 1.91 bits per heavy atom. The number of nitro groups is 1. The third-order valence-corrected chi connectivity index (χ3v) is 4.24. The number of hydrogen-bond donors (Lipinski definition) is 0. The Bertz CT molecular complexity index is 780. The van der Waals surface area contributed by atoms with Gasteiger partial charge in [0.25, 0.3) is 5.69 Å². The molecule has 1 aromatic heterocycles. The SMILES string of the molecule is Cc1nn(-c2ccc([N+](=O)[O-])cc2)c(=NN=C2CCCC2)s1. The lowest BCUT2D eigenvalue weighted by Crippen LogP contribution is -2.14. The van der Waals surface area contributed by atoms with Crippen molar-refractivity contribution in [2.75, 3.05) is 0 Å². The van der Waals surface area contributed by atoms with Crippen molar-refractivity contribution in [3.05, 3.63) is 44.2 Å². The molecule has 1 saturated carbocycles. The number of hydrogen-bond acceptors (Lipinski definition) is 6. The Hall–Kier alpha value is -2.35. The fraction of sp³-hybridized carbons (Fsp3) is 0.357. The minimum Gasteiger partial charge on any atom is -0.258 e. The molecule has 0 amide bonds. The van der Waals surface area contributed by atoms with Crippen LogP contribution in [0.15, 0.2) is 34.5 Å². The number of benzene rings is 1. The Morgan fingerprint density at radius 3 is 2.55 bits per heavy atom. The molecule has 1 aliphatic rings. The molecule has 3 rings (SSSR count). The third kappa shape index (κ3) is 3.11. The van der Waals surface area contributed by atoms with E-state index in [2.05, 4.69) is 15.3 Å². The van der Waals surface area contributed by atoms with E-state index in [0.29, 0.717) is 4.80 Å². The summed E-state index contributed by atoms with van der Waals surface area (Å²) in [5.74, 6) is 0. The highest BCUT2D eigenvalue weighted by molar-refractivity contribution is 7.08. The Kier molecular flexibility index (Phi) is 4.10. The second-order valence-corrected chi connectivity index (χ2v) is 6.22. The highest BCUT2D eigenvalue weighted by Crippen LogP contribution is 2.16. The first-order valence-electron chi connectivity index (χ1n) is 7.04. The molecule has 0 bridgehead atoms. The average Bonchev–Trinajstić information content (AvgIpc) is 3.14. The van der Waals surface area contributed by atoms with Gasteiger partial charge in [-0.15, -0.1) is 5.10 Å². The quantitative estimate of drug-likeness (QED) is 0.644. The van der Waals surface area contributed by atoms with E-state index in [1.807, 2.05) is 6.92 Å². The van der Waals surface area contributed by atoms with Gasteiger partial charge in [-0.3, -0.25) is 10.1 Å². The van der Waals surface area contributed by atoms with Crippen LogP contribution in [-0.4, -0.2) is 20.4 Å². The maximum atomic E-state index is 10.7. The lowest BCUT2D eigenvalue weighted by Gasteiger charge is -2.00. The lowest BCUT2D eigenvalue weighted by molar-refractivity contribution is -0.384. The Morgan fingerprint density at radius 1 is 1.23 bits per heavy atom. The van der Waals surface area contributed by atoms with Crippen molar-refractivity contribution < 1.29 is 4.92 Å². The molecule has 1 aromatic carbocycles. The van der Waals surface area contributed by atoms with Crippen molar-refractivity contribution in [1.82, 2.24) is 9.78 Å². The highest BCUT2D eigenvalue weighted by atomic mass is 32.1. The first kappa shape index (κ1) is 14.6. The number of aryl methyl sites for hydroxylation is 1. The fourth-order valence-electron chi connectivity index (χ4n) is 2.32. The molecular formula is C14H15N5O2S. The van der Waals surface area contributed by atoms with E-state index in [1.54, 1.807) is 16.8 Å². The van der Waals surface area contributed by atoms with Gasteiger partial charge in [-0.05, 0) is 44.7 Å². The van der Waals surface area contributed by atoms with Crippen molar-refractivity contribution in [2.45, 2.75) is 32.6 Å². The topological polar surface area (TPSA) is 85.7 Å². The van der Waals surface area contributed by atoms with Gasteiger partial charge in [0, 0.05) is 17.8 Å². The minimum absolute atomic E-state index is 0.0565. The predicted molar refractivity (Wildman–Crippen MR) is 84.3 cm³/mol. The molecule has 8 heteroatoms. The highest BCUT2D eigenvalue weighted by Gasteiger charge is 2.10. The zero-order valence-corrected chi connectivity index (χ0v) is 12.9. The van der Waals surface area contributed by atoms with Crippen LogP contribution in [0.5, 0.6) is 0 Å². The van der Waals surface area contributed by atoms with Gasteiger partial charge in [0.05, 0.1) is 10.6 Å². The zero-order chi connectivity index (χ0) is 15.5. The van der Waals surface area contributed by atoms with Gasteiger partial charge in [0.2, 0.25) is 4.80 Å². The lowest BCUT2D eigenvalue weighted by atomic mass is 10.3. The molecule has 7 nitrogen and oxygen atoms in total. The van der Waals surface area contributed by atoms with Crippen LogP contribution >= 0.6 is 11.3 Å². The summed E-state index contributed by atoms with van der Waals surface area (Å²) < 4.78 is 1.67. The van der Waals surface area contributed by atoms with Crippen LogP contribution < -0.4 is 4.80 Å². The van der Waals surface area contributed by atoms with Crippen LogP contribution in [0, 0.1) is 17.0 Å². The van der Waals surface area contributed by atoms with Crippen molar-refractivity contribution >= 4 is 22.7 Å². The molecular weight excluding hydrogens is 302 g/mol. The Balaban J connectivity index is 1.98. The van der Waals surface area contributed by atoms with Crippen molar-refractivity contribution in [3.63, 3.8) is 0 Å². The average molecular weight is 317 g/mol. The molecule has 1 heterocycles. The first-order valence-corrected chi connectivity index (χ1v) is 7.86. The Labute approximate surface area is 130 Å². The molecule has 0 atom stereocenters. The van der Waals surface area contributed by atoms with Crippen LogP contribution in [0.1, 0.15) is 30.7 Å². The summed E-state index contributed by atoms with van der Waals surface area (Å²) in [6.45, 7) is 1.90. The normalized spacial score (nSPS) is 15.3. The van der Waals surface area contributed by atoms with E-state index in [4.69, 9.17) is 0 Å². The first-order chi connectivity index (χ1) is 10.6. The monoisotopic (exact) mass is 317 g/mol. The number of non-ortho nitro benzene ring substituents is 1. The van der Waals surface area contributed by atoms with E-state index < -0.39 is 4.92 Å². The van der Waals surface area contributed by atoms with E-state index >= 15 is 0 Å². The van der Waals surface area contributed by atoms with Crippen molar-refractivity contribution in [1.29, 1.82) is 0 Å². The van der Waals surface area contributed by atoms with Gasteiger partial charge in [0.1, 0.15) is 5.01 Å². The maximum Gasteiger partial charge on any atom is 0.269 e. The summed E-state index contributed by atoms with van der Waals surface area (Å²) in [6, 6.07) is 6.26. The molecule has 0 N–H and O–H groups in total. The molecule has 0 aliphatic heterocycles. The largest absolute Gasteiger partial charge is 0.269 e. The van der Waals surface area contributed by atoms with Gasteiger partial charge >= 0.3 is 0 Å². The van der Waals surface area contributed by atoms with Crippen LogP contribution in [-0.2, 0) is 0 Å².